The van der Waals surface area contributed by atoms with E-state index in [4.69, 9.17) is 0 Å². The minimum atomic E-state index is -4.19. The Morgan fingerprint density at radius 2 is 1.00 bits per heavy atom. The Bertz CT molecular complexity index is 401. The summed E-state index contributed by atoms with van der Waals surface area (Å²) in [5, 5.41) is 9.30. The second-order valence-corrected chi connectivity index (χ2v) is 9.46. The third-order valence-corrected chi connectivity index (χ3v) is 6.53. The van der Waals surface area contributed by atoms with Gasteiger partial charge in [-0.15, -0.1) is 0 Å². The Labute approximate surface area is 191 Å². The third kappa shape index (κ3) is 19.9. The van der Waals surface area contributed by atoms with Crippen molar-refractivity contribution in [2.75, 3.05) is 0 Å². The van der Waals surface area contributed by atoms with Gasteiger partial charge in [-0.3, -0.25) is 0 Å². The number of hydrogen-bond acceptors (Lipinski definition) is 4. The molecule has 0 bridgehead atoms. The van der Waals surface area contributed by atoms with E-state index in [1.165, 1.54) is 38.5 Å². The van der Waals surface area contributed by atoms with Crippen molar-refractivity contribution in [3.05, 3.63) is 0 Å². The fraction of sp³-hybridized carbons (Fsp3) is 1.00. The standard InChI is InChI=1S/C21H44O4S.Na/c1-3-5-7-9-10-11-12-16-20(22)17-14-15-19-21(26(23,24)25)18-13-8-6-4-2;/h20-22H,3-19H2,1-2H3,(H,23,24,25);/q;+1/p-1. The molecule has 0 saturated carbocycles. The van der Waals surface area contributed by atoms with E-state index in [1.54, 1.807) is 0 Å². The van der Waals surface area contributed by atoms with Gasteiger partial charge in [0.2, 0.25) is 0 Å². The van der Waals surface area contributed by atoms with Crippen LogP contribution >= 0.6 is 0 Å². The predicted octanol–water partition coefficient (Wildman–Crippen LogP) is 2.94. The molecule has 0 saturated heterocycles. The van der Waals surface area contributed by atoms with Gasteiger partial charge in [0.15, 0.2) is 0 Å². The molecule has 0 aromatic carbocycles. The molecule has 4 nitrogen and oxygen atoms in total. The van der Waals surface area contributed by atoms with Gasteiger partial charge in [-0.2, -0.15) is 0 Å². The predicted molar refractivity (Wildman–Crippen MR) is 109 cm³/mol. The van der Waals surface area contributed by atoms with Crippen LogP contribution in [0.25, 0.3) is 0 Å². The molecule has 0 aliphatic carbocycles. The molecule has 6 heteroatoms. The molecule has 0 fully saturated rings. The zero-order chi connectivity index (χ0) is 19.7. The van der Waals surface area contributed by atoms with Crippen LogP contribution in [0, 0.1) is 0 Å². The molecule has 0 rings (SSSR count). The quantitative estimate of drug-likeness (QED) is 0.200. The van der Waals surface area contributed by atoms with Crippen molar-refractivity contribution < 1.29 is 47.6 Å². The Balaban J connectivity index is 0. The van der Waals surface area contributed by atoms with Crippen molar-refractivity contribution in [2.45, 2.75) is 134 Å². The van der Waals surface area contributed by atoms with Crippen LogP contribution < -0.4 is 29.6 Å². The number of unbranched alkanes of at least 4 members (excludes halogenated alkanes) is 10. The van der Waals surface area contributed by atoms with Gasteiger partial charge in [-0.25, -0.2) is 8.42 Å². The van der Waals surface area contributed by atoms with Crippen molar-refractivity contribution in [1.29, 1.82) is 0 Å². The first kappa shape index (κ1) is 30.1. The second kappa shape index (κ2) is 20.2. The Morgan fingerprint density at radius 3 is 1.48 bits per heavy atom. The normalized spacial score (nSPS) is 13.9. The van der Waals surface area contributed by atoms with Crippen molar-refractivity contribution in [3.8, 4) is 0 Å². The van der Waals surface area contributed by atoms with Gasteiger partial charge in [0.1, 0.15) is 0 Å². The summed E-state index contributed by atoms with van der Waals surface area (Å²) in [6.45, 7) is 4.33. The molecule has 0 spiro atoms. The van der Waals surface area contributed by atoms with E-state index in [2.05, 4.69) is 13.8 Å². The zero-order valence-corrected chi connectivity index (χ0v) is 21.1. The van der Waals surface area contributed by atoms with E-state index in [0.29, 0.717) is 19.3 Å². The fourth-order valence-corrected chi connectivity index (χ4v) is 4.38. The molecule has 0 aliphatic rings. The van der Waals surface area contributed by atoms with Crippen molar-refractivity contribution in [3.63, 3.8) is 0 Å². The fourth-order valence-electron chi connectivity index (χ4n) is 3.47. The number of aliphatic hydroxyl groups excluding tert-OH is 1. The van der Waals surface area contributed by atoms with Gasteiger partial charge < -0.3 is 9.66 Å². The van der Waals surface area contributed by atoms with Crippen molar-refractivity contribution in [2.24, 2.45) is 0 Å². The summed E-state index contributed by atoms with van der Waals surface area (Å²) in [7, 11) is -4.19. The van der Waals surface area contributed by atoms with Crippen LogP contribution in [0.4, 0.5) is 0 Å². The Morgan fingerprint density at radius 1 is 0.667 bits per heavy atom. The molecule has 0 heterocycles. The monoisotopic (exact) mass is 414 g/mol. The van der Waals surface area contributed by atoms with Gasteiger partial charge >= 0.3 is 29.6 Å². The van der Waals surface area contributed by atoms with Crippen LogP contribution in [0.3, 0.4) is 0 Å². The van der Waals surface area contributed by atoms with E-state index in [-0.39, 0.29) is 35.7 Å². The summed E-state index contributed by atoms with van der Waals surface area (Å²) >= 11 is 0. The topological polar surface area (TPSA) is 77.4 Å². The average Bonchev–Trinajstić information content (AvgIpc) is 2.58. The van der Waals surface area contributed by atoms with Crippen molar-refractivity contribution >= 4 is 10.1 Å². The summed E-state index contributed by atoms with van der Waals surface area (Å²) in [4.78, 5) is 0. The molecule has 158 valence electrons. The van der Waals surface area contributed by atoms with E-state index in [1.807, 2.05) is 0 Å². The molecule has 0 amide bonds. The SMILES string of the molecule is CCCCCCCCCC(O)CCCCC(CCCCCC)S(=O)(=O)[O-].[Na+]. The summed E-state index contributed by atoms with van der Waals surface area (Å²) in [5.41, 5.74) is 0. The van der Waals surface area contributed by atoms with Crippen LogP contribution in [-0.4, -0.2) is 29.4 Å². The van der Waals surface area contributed by atoms with E-state index >= 15 is 0 Å². The van der Waals surface area contributed by atoms with Gasteiger partial charge in [0.05, 0.1) is 16.2 Å². The largest absolute Gasteiger partial charge is 1.00 e. The van der Waals surface area contributed by atoms with Crippen LogP contribution in [-0.2, 0) is 10.1 Å². The molecule has 0 aromatic heterocycles. The average molecular weight is 415 g/mol. The first-order valence-electron chi connectivity index (χ1n) is 11.0. The maximum absolute atomic E-state index is 11.4. The van der Waals surface area contributed by atoms with E-state index < -0.39 is 15.4 Å². The van der Waals surface area contributed by atoms with Gasteiger partial charge in [0, 0.05) is 5.25 Å². The molecule has 2 atom stereocenters. The molecule has 2 unspecified atom stereocenters. The van der Waals surface area contributed by atoms with Crippen LogP contribution in [0.5, 0.6) is 0 Å². The van der Waals surface area contributed by atoms with Gasteiger partial charge in [-0.1, -0.05) is 97.3 Å². The third-order valence-electron chi connectivity index (χ3n) is 5.24. The van der Waals surface area contributed by atoms with Gasteiger partial charge in [-0.05, 0) is 25.7 Å². The number of aliphatic hydroxyl groups is 1. The maximum Gasteiger partial charge on any atom is 1.00 e. The first-order valence-corrected chi connectivity index (χ1v) is 12.5. The first-order chi connectivity index (χ1) is 12.4. The minimum Gasteiger partial charge on any atom is -0.748 e. The molecule has 1 N–H and O–H groups in total. The molecule has 0 aliphatic heterocycles. The molecular formula is C21H43NaO4S. The van der Waals surface area contributed by atoms with Crippen LogP contribution in [0.2, 0.25) is 0 Å². The smallest absolute Gasteiger partial charge is 0.748 e. The Hall–Kier alpha value is 0.870. The molecule has 27 heavy (non-hydrogen) atoms. The Kier molecular flexibility index (Phi) is 22.4. The van der Waals surface area contributed by atoms with Crippen LogP contribution in [0.15, 0.2) is 0 Å². The van der Waals surface area contributed by atoms with Crippen molar-refractivity contribution in [1.82, 2.24) is 0 Å². The zero-order valence-electron chi connectivity index (χ0n) is 18.3. The summed E-state index contributed by atoms with van der Waals surface area (Å²) in [6, 6.07) is 0. The minimum absolute atomic E-state index is 0. The molecular weight excluding hydrogens is 371 g/mol. The van der Waals surface area contributed by atoms with E-state index in [0.717, 1.165) is 51.4 Å². The van der Waals surface area contributed by atoms with E-state index in [9.17, 15) is 18.1 Å². The maximum atomic E-state index is 11.4. The summed E-state index contributed by atoms with van der Waals surface area (Å²) in [6.07, 6.45) is 16.5. The van der Waals surface area contributed by atoms with Gasteiger partial charge in [0.25, 0.3) is 0 Å². The second-order valence-electron chi connectivity index (χ2n) is 7.81. The summed E-state index contributed by atoms with van der Waals surface area (Å²) in [5.74, 6) is 0. The summed E-state index contributed by atoms with van der Waals surface area (Å²) < 4.78 is 34.2. The number of rotatable bonds is 19. The van der Waals surface area contributed by atoms with Crippen LogP contribution in [0.1, 0.15) is 123 Å². The molecule has 0 aromatic rings. The number of hydrogen-bond donors (Lipinski definition) is 1. The molecule has 0 radical (unpaired) electrons.